The number of carboxylic acids is 1. The maximum Gasteiger partial charge on any atom is 0.326 e. The lowest BCUT2D eigenvalue weighted by molar-refractivity contribution is -0.140. The lowest BCUT2D eigenvalue weighted by Crippen LogP contribution is -2.44. The number of aliphatic carboxylic acids is 1. The molecule has 122 valence electrons. The van der Waals surface area contributed by atoms with Gasteiger partial charge in [0.2, 0.25) is 0 Å². The number of nitrogens with one attached hydrogen (secondary N) is 1. The molecule has 1 aromatic carbocycles. The quantitative estimate of drug-likeness (QED) is 0.824. The molecule has 2 N–H and O–H groups in total. The molecule has 22 heavy (non-hydrogen) atoms. The van der Waals surface area contributed by atoms with Gasteiger partial charge in [0, 0.05) is 11.8 Å². The Morgan fingerprint density at radius 1 is 1.27 bits per heavy atom. The predicted octanol–water partition coefficient (Wildman–Crippen LogP) is 1.49. The molecule has 0 heterocycles. The third-order valence-electron chi connectivity index (χ3n) is 3.35. The molecule has 0 aliphatic carbocycles. The van der Waals surface area contributed by atoms with E-state index in [1.807, 2.05) is 6.92 Å². The van der Waals surface area contributed by atoms with E-state index in [0.717, 1.165) is 6.26 Å². The van der Waals surface area contributed by atoms with Gasteiger partial charge in [-0.25, -0.2) is 13.2 Å². The number of rotatable bonds is 6. The fourth-order valence-corrected chi connectivity index (χ4v) is 2.69. The Bertz CT molecular complexity index is 679. The summed E-state index contributed by atoms with van der Waals surface area (Å²) in [6.45, 7) is 5.21. The second-order valence-electron chi connectivity index (χ2n) is 5.48. The van der Waals surface area contributed by atoms with Gasteiger partial charge in [-0.2, -0.15) is 0 Å². The van der Waals surface area contributed by atoms with E-state index in [1.54, 1.807) is 19.9 Å². The average Bonchev–Trinajstić information content (AvgIpc) is 2.41. The summed E-state index contributed by atoms with van der Waals surface area (Å²) in [5.41, 5.74) is 0.857. The zero-order valence-electron chi connectivity index (χ0n) is 13.1. The number of carbonyl (C=O) groups is 2. The lowest BCUT2D eigenvalue weighted by atomic mass is 10.0. The van der Waals surface area contributed by atoms with Crippen LogP contribution in [0.5, 0.6) is 0 Å². The first-order chi connectivity index (χ1) is 10.1. The number of sulfone groups is 1. The summed E-state index contributed by atoms with van der Waals surface area (Å²) < 4.78 is 23.2. The highest BCUT2D eigenvalue weighted by Crippen LogP contribution is 2.17. The van der Waals surface area contributed by atoms with Crippen LogP contribution < -0.4 is 5.32 Å². The Labute approximate surface area is 130 Å². The minimum absolute atomic E-state index is 0.0336. The molecule has 6 nitrogen and oxygen atoms in total. The second kappa shape index (κ2) is 6.91. The van der Waals surface area contributed by atoms with E-state index in [9.17, 15) is 18.0 Å². The van der Waals surface area contributed by atoms with E-state index < -0.39 is 27.8 Å². The van der Waals surface area contributed by atoms with Crippen molar-refractivity contribution in [1.82, 2.24) is 5.32 Å². The monoisotopic (exact) mass is 327 g/mol. The normalized spacial score (nSPS) is 13.0. The van der Waals surface area contributed by atoms with E-state index in [2.05, 4.69) is 5.32 Å². The van der Waals surface area contributed by atoms with Gasteiger partial charge in [0.15, 0.2) is 9.84 Å². The molecule has 1 aromatic rings. The first kappa shape index (κ1) is 18.2. The summed E-state index contributed by atoms with van der Waals surface area (Å²) in [5.74, 6) is -1.99. The minimum Gasteiger partial charge on any atom is -0.480 e. The number of carboxylic acid groups (broad SMARTS) is 1. The number of hydrogen-bond acceptors (Lipinski definition) is 4. The molecule has 0 spiro atoms. The first-order valence-corrected chi connectivity index (χ1v) is 8.83. The van der Waals surface area contributed by atoms with Crippen molar-refractivity contribution < 1.29 is 23.1 Å². The van der Waals surface area contributed by atoms with Crippen molar-refractivity contribution in [2.24, 2.45) is 5.92 Å². The standard InChI is InChI=1S/C15H21NO5S/c1-5-10-6-7-11(22(4,20)21)8-12(10)14(17)16-13(9(2)3)15(18)19/h6-9,13H,5H2,1-4H3,(H,16,17)(H,18,19)/t13-/m0/s1. The predicted molar refractivity (Wildman–Crippen MR) is 82.7 cm³/mol. The van der Waals surface area contributed by atoms with Crippen molar-refractivity contribution in [2.75, 3.05) is 6.26 Å². The van der Waals surface area contributed by atoms with Gasteiger partial charge in [-0.1, -0.05) is 26.8 Å². The molecule has 0 bridgehead atoms. The average molecular weight is 327 g/mol. The zero-order chi connectivity index (χ0) is 17.1. The highest BCUT2D eigenvalue weighted by atomic mass is 32.2. The van der Waals surface area contributed by atoms with E-state index in [4.69, 9.17) is 5.11 Å². The Morgan fingerprint density at radius 3 is 2.27 bits per heavy atom. The topological polar surface area (TPSA) is 101 Å². The van der Waals surface area contributed by atoms with E-state index in [1.165, 1.54) is 12.1 Å². The summed E-state index contributed by atoms with van der Waals surface area (Å²) >= 11 is 0. The Morgan fingerprint density at radius 2 is 1.86 bits per heavy atom. The molecular formula is C15H21NO5S. The van der Waals surface area contributed by atoms with E-state index in [0.29, 0.717) is 12.0 Å². The largest absolute Gasteiger partial charge is 0.480 e. The van der Waals surface area contributed by atoms with Gasteiger partial charge in [-0.05, 0) is 30.0 Å². The molecule has 0 aliphatic heterocycles. The molecule has 1 atom stereocenters. The lowest BCUT2D eigenvalue weighted by Gasteiger charge is -2.19. The minimum atomic E-state index is -3.44. The molecular weight excluding hydrogens is 306 g/mol. The Balaban J connectivity index is 3.23. The number of hydrogen-bond donors (Lipinski definition) is 2. The summed E-state index contributed by atoms with van der Waals surface area (Å²) in [4.78, 5) is 23.6. The van der Waals surface area contributed by atoms with Crippen molar-refractivity contribution in [3.63, 3.8) is 0 Å². The van der Waals surface area contributed by atoms with Gasteiger partial charge >= 0.3 is 5.97 Å². The van der Waals surface area contributed by atoms with Crippen molar-refractivity contribution in [3.05, 3.63) is 29.3 Å². The van der Waals surface area contributed by atoms with Crippen LogP contribution in [-0.4, -0.2) is 37.7 Å². The van der Waals surface area contributed by atoms with Crippen molar-refractivity contribution in [3.8, 4) is 0 Å². The fourth-order valence-electron chi connectivity index (χ4n) is 2.04. The van der Waals surface area contributed by atoms with E-state index in [-0.39, 0.29) is 16.4 Å². The highest BCUT2D eigenvalue weighted by molar-refractivity contribution is 7.90. The van der Waals surface area contributed by atoms with Crippen LogP contribution >= 0.6 is 0 Å². The molecule has 0 unspecified atom stereocenters. The zero-order valence-corrected chi connectivity index (χ0v) is 13.9. The van der Waals surface area contributed by atoms with Gasteiger partial charge in [-0.15, -0.1) is 0 Å². The van der Waals surface area contributed by atoms with Crippen LogP contribution in [0, 0.1) is 5.92 Å². The van der Waals surface area contributed by atoms with Gasteiger partial charge in [-0.3, -0.25) is 4.79 Å². The summed E-state index contributed by atoms with van der Waals surface area (Å²) in [6, 6.07) is 3.29. The fraction of sp³-hybridized carbons (Fsp3) is 0.467. The highest BCUT2D eigenvalue weighted by Gasteiger charge is 2.25. The van der Waals surface area contributed by atoms with Crippen LogP contribution in [0.25, 0.3) is 0 Å². The van der Waals surface area contributed by atoms with Crippen molar-refractivity contribution >= 4 is 21.7 Å². The van der Waals surface area contributed by atoms with Crippen LogP contribution in [0.2, 0.25) is 0 Å². The molecule has 7 heteroatoms. The van der Waals surface area contributed by atoms with Crippen molar-refractivity contribution in [2.45, 2.75) is 38.1 Å². The smallest absolute Gasteiger partial charge is 0.326 e. The molecule has 1 rings (SSSR count). The van der Waals surface area contributed by atoms with Gasteiger partial charge < -0.3 is 10.4 Å². The maximum absolute atomic E-state index is 12.4. The van der Waals surface area contributed by atoms with Crippen LogP contribution in [0.3, 0.4) is 0 Å². The first-order valence-electron chi connectivity index (χ1n) is 6.94. The van der Waals surface area contributed by atoms with Crippen LogP contribution in [0.15, 0.2) is 23.1 Å². The SMILES string of the molecule is CCc1ccc(S(C)(=O)=O)cc1C(=O)N[C@H](C(=O)O)C(C)C. The molecule has 0 aliphatic rings. The molecule has 0 saturated heterocycles. The second-order valence-corrected chi connectivity index (χ2v) is 7.49. The van der Waals surface area contributed by atoms with Crippen molar-refractivity contribution in [1.29, 1.82) is 0 Å². The summed E-state index contributed by atoms with van der Waals surface area (Å²) in [6.07, 6.45) is 1.59. The van der Waals surface area contributed by atoms with Gasteiger partial charge in [0.05, 0.1) is 4.90 Å². The molecule has 0 aromatic heterocycles. The molecule has 0 fully saturated rings. The van der Waals surface area contributed by atoms with Gasteiger partial charge in [0.1, 0.15) is 6.04 Å². The van der Waals surface area contributed by atoms with Crippen LogP contribution in [-0.2, 0) is 21.1 Å². The van der Waals surface area contributed by atoms with Gasteiger partial charge in [0.25, 0.3) is 5.91 Å². The molecule has 0 radical (unpaired) electrons. The number of amides is 1. The Hall–Kier alpha value is -1.89. The summed E-state index contributed by atoms with van der Waals surface area (Å²) in [5, 5.41) is 11.6. The summed E-state index contributed by atoms with van der Waals surface area (Å²) in [7, 11) is -3.44. The maximum atomic E-state index is 12.4. The van der Waals surface area contributed by atoms with Crippen LogP contribution in [0.4, 0.5) is 0 Å². The molecule has 1 amide bonds. The number of aryl methyl sites for hydroxylation is 1. The number of benzene rings is 1. The third kappa shape index (κ3) is 4.30. The van der Waals surface area contributed by atoms with Crippen LogP contribution in [0.1, 0.15) is 36.7 Å². The van der Waals surface area contributed by atoms with E-state index >= 15 is 0 Å². The number of carbonyl (C=O) groups excluding carboxylic acids is 1. The molecule has 0 saturated carbocycles. The Kier molecular flexibility index (Phi) is 5.71. The third-order valence-corrected chi connectivity index (χ3v) is 4.46.